The molecule has 2 nitrogen and oxygen atoms in total. The molecule has 0 N–H and O–H groups in total. The molecule has 1 atom stereocenters. The monoisotopic (exact) mass is 141 g/mol. The quantitative estimate of drug-likeness (QED) is 0.528. The highest BCUT2D eigenvalue weighted by molar-refractivity contribution is 5.47. The topological polar surface area (TPSA) is 20.3 Å². The van der Waals surface area contributed by atoms with Crippen LogP contribution < -0.4 is 0 Å². The van der Waals surface area contributed by atoms with Crippen LogP contribution in [0.15, 0.2) is 0 Å². The third-order valence-electron chi connectivity index (χ3n) is 2.35. The summed E-state index contributed by atoms with van der Waals surface area (Å²) >= 11 is 0. The minimum Gasteiger partial charge on any atom is -0.345 e. The van der Waals surface area contributed by atoms with E-state index in [0.29, 0.717) is 0 Å². The van der Waals surface area contributed by atoms with E-state index in [1.807, 2.05) is 4.90 Å². The van der Waals surface area contributed by atoms with Gasteiger partial charge in [-0.05, 0) is 18.3 Å². The molecular formula is C8H15NO. The summed E-state index contributed by atoms with van der Waals surface area (Å²) in [4.78, 5) is 12.2. The highest BCUT2D eigenvalue weighted by atomic mass is 16.1. The Morgan fingerprint density at radius 1 is 1.60 bits per heavy atom. The average molecular weight is 141 g/mol. The van der Waals surface area contributed by atoms with Gasteiger partial charge in [-0.2, -0.15) is 0 Å². The van der Waals surface area contributed by atoms with Crippen molar-refractivity contribution in [2.24, 2.45) is 11.8 Å². The normalized spacial score (nSPS) is 25.9. The van der Waals surface area contributed by atoms with Gasteiger partial charge in [-0.3, -0.25) is 4.79 Å². The van der Waals surface area contributed by atoms with Crippen LogP contribution >= 0.6 is 0 Å². The Bertz CT molecular complexity index is 122. The van der Waals surface area contributed by atoms with Crippen molar-refractivity contribution in [2.75, 3.05) is 13.1 Å². The van der Waals surface area contributed by atoms with E-state index in [1.165, 1.54) is 6.42 Å². The van der Waals surface area contributed by atoms with Crippen LogP contribution in [0.5, 0.6) is 0 Å². The SMILES string of the molecule is CC(C)[C@H]1CCN(C=O)C1. The summed E-state index contributed by atoms with van der Waals surface area (Å²) in [5.41, 5.74) is 0. The lowest BCUT2D eigenvalue weighted by Gasteiger charge is -2.13. The molecule has 0 spiro atoms. The van der Waals surface area contributed by atoms with Gasteiger partial charge in [-0.25, -0.2) is 0 Å². The molecule has 1 saturated heterocycles. The van der Waals surface area contributed by atoms with E-state index in [4.69, 9.17) is 0 Å². The number of hydrogen-bond acceptors (Lipinski definition) is 1. The van der Waals surface area contributed by atoms with Crippen molar-refractivity contribution >= 4 is 6.41 Å². The number of carbonyl (C=O) groups is 1. The van der Waals surface area contributed by atoms with E-state index >= 15 is 0 Å². The Balaban J connectivity index is 2.35. The molecule has 0 aromatic heterocycles. The largest absolute Gasteiger partial charge is 0.345 e. The summed E-state index contributed by atoms with van der Waals surface area (Å²) < 4.78 is 0. The van der Waals surface area contributed by atoms with Gasteiger partial charge in [0, 0.05) is 13.1 Å². The van der Waals surface area contributed by atoms with Crippen molar-refractivity contribution in [1.82, 2.24) is 4.90 Å². The minimum atomic E-state index is 0.727. The summed E-state index contributed by atoms with van der Waals surface area (Å²) in [7, 11) is 0. The zero-order chi connectivity index (χ0) is 7.56. The first-order valence-electron chi connectivity index (χ1n) is 3.93. The van der Waals surface area contributed by atoms with Gasteiger partial charge in [-0.1, -0.05) is 13.8 Å². The molecule has 1 rings (SSSR count). The van der Waals surface area contributed by atoms with Crippen LogP contribution in [0, 0.1) is 11.8 Å². The molecule has 0 aliphatic carbocycles. The predicted octanol–water partition coefficient (Wildman–Crippen LogP) is 1.12. The predicted molar refractivity (Wildman–Crippen MR) is 40.6 cm³/mol. The number of amides is 1. The third-order valence-corrected chi connectivity index (χ3v) is 2.35. The molecule has 1 heterocycles. The molecule has 1 amide bonds. The number of carbonyl (C=O) groups excluding carboxylic acids is 1. The first-order chi connectivity index (χ1) is 4.74. The number of hydrogen-bond donors (Lipinski definition) is 0. The molecule has 0 radical (unpaired) electrons. The van der Waals surface area contributed by atoms with E-state index in [1.54, 1.807) is 0 Å². The van der Waals surface area contributed by atoms with Crippen molar-refractivity contribution in [3.05, 3.63) is 0 Å². The van der Waals surface area contributed by atoms with E-state index in [2.05, 4.69) is 13.8 Å². The van der Waals surface area contributed by atoms with Crippen LogP contribution in [0.25, 0.3) is 0 Å². The van der Waals surface area contributed by atoms with Gasteiger partial charge in [0.05, 0.1) is 0 Å². The van der Waals surface area contributed by atoms with Crippen molar-refractivity contribution in [3.63, 3.8) is 0 Å². The van der Waals surface area contributed by atoms with Crippen LogP contribution in [-0.2, 0) is 4.79 Å². The molecule has 1 aliphatic heterocycles. The average Bonchev–Trinajstić information content (AvgIpc) is 2.34. The Kier molecular flexibility index (Phi) is 2.30. The molecule has 10 heavy (non-hydrogen) atoms. The van der Waals surface area contributed by atoms with E-state index in [0.717, 1.165) is 31.3 Å². The fourth-order valence-corrected chi connectivity index (χ4v) is 1.46. The molecule has 2 heteroatoms. The van der Waals surface area contributed by atoms with Crippen molar-refractivity contribution < 1.29 is 4.79 Å². The lowest BCUT2D eigenvalue weighted by atomic mass is 9.95. The summed E-state index contributed by atoms with van der Waals surface area (Å²) in [6.45, 7) is 6.38. The highest BCUT2D eigenvalue weighted by Gasteiger charge is 2.23. The van der Waals surface area contributed by atoms with Gasteiger partial charge in [0.25, 0.3) is 0 Å². The van der Waals surface area contributed by atoms with Crippen LogP contribution in [-0.4, -0.2) is 24.4 Å². The van der Waals surface area contributed by atoms with Gasteiger partial charge in [0.15, 0.2) is 0 Å². The van der Waals surface area contributed by atoms with Crippen LogP contribution in [0.1, 0.15) is 20.3 Å². The molecule has 0 saturated carbocycles. The van der Waals surface area contributed by atoms with Gasteiger partial charge in [0.2, 0.25) is 6.41 Å². The van der Waals surface area contributed by atoms with Crippen molar-refractivity contribution in [3.8, 4) is 0 Å². The highest BCUT2D eigenvalue weighted by Crippen LogP contribution is 2.21. The molecule has 1 fully saturated rings. The second-order valence-electron chi connectivity index (χ2n) is 3.39. The Morgan fingerprint density at radius 2 is 2.30 bits per heavy atom. The van der Waals surface area contributed by atoms with Gasteiger partial charge >= 0.3 is 0 Å². The molecule has 0 aromatic rings. The maximum absolute atomic E-state index is 10.3. The van der Waals surface area contributed by atoms with Crippen molar-refractivity contribution in [1.29, 1.82) is 0 Å². The van der Waals surface area contributed by atoms with Crippen LogP contribution in [0.2, 0.25) is 0 Å². The molecule has 0 aromatic carbocycles. The fourth-order valence-electron chi connectivity index (χ4n) is 1.46. The Morgan fingerprint density at radius 3 is 2.60 bits per heavy atom. The summed E-state index contributed by atoms with van der Waals surface area (Å²) in [5.74, 6) is 1.47. The molecule has 0 bridgehead atoms. The van der Waals surface area contributed by atoms with Gasteiger partial charge in [0.1, 0.15) is 0 Å². The third kappa shape index (κ3) is 1.49. The minimum absolute atomic E-state index is 0.727. The van der Waals surface area contributed by atoms with Crippen LogP contribution in [0.3, 0.4) is 0 Å². The number of likely N-dealkylation sites (tertiary alicyclic amines) is 1. The first-order valence-corrected chi connectivity index (χ1v) is 3.93. The molecular weight excluding hydrogens is 126 g/mol. The number of rotatable bonds is 2. The summed E-state index contributed by atoms with van der Waals surface area (Å²) in [5, 5.41) is 0. The lowest BCUT2D eigenvalue weighted by molar-refractivity contribution is -0.117. The van der Waals surface area contributed by atoms with Crippen molar-refractivity contribution in [2.45, 2.75) is 20.3 Å². The van der Waals surface area contributed by atoms with Crippen LogP contribution in [0.4, 0.5) is 0 Å². The molecule has 58 valence electrons. The lowest BCUT2D eigenvalue weighted by Crippen LogP contribution is -2.19. The molecule has 0 unspecified atom stereocenters. The zero-order valence-corrected chi connectivity index (χ0v) is 6.71. The van der Waals surface area contributed by atoms with Gasteiger partial charge in [-0.15, -0.1) is 0 Å². The van der Waals surface area contributed by atoms with E-state index < -0.39 is 0 Å². The Hall–Kier alpha value is -0.530. The smallest absolute Gasteiger partial charge is 0.209 e. The Labute approximate surface area is 62.2 Å². The first kappa shape index (κ1) is 7.58. The maximum Gasteiger partial charge on any atom is 0.209 e. The summed E-state index contributed by atoms with van der Waals surface area (Å²) in [6, 6.07) is 0. The standard InChI is InChI=1S/C8H15NO/c1-7(2)8-3-4-9(5-8)6-10/h6-8H,3-5H2,1-2H3/t8-/m0/s1. The van der Waals surface area contributed by atoms with Gasteiger partial charge < -0.3 is 4.90 Å². The zero-order valence-electron chi connectivity index (χ0n) is 6.71. The second kappa shape index (κ2) is 3.04. The van der Waals surface area contributed by atoms with E-state index in [-0.39, 0.29) is 0 Å². The van der Waals surface area contributed by atoms with E-state index in [9.17, 15) is 4.79 Å². The number of nitrogens with zero attached hydrogens (tertiary/aromatic N) is 1. The second-order valence-corrected chi connectivity index (χ2v) is 3.39. The molecule has 1 aliphatic rings. The fraction of sp³-hybridized carbons (Fsp3) is 0.875. The maximum atomic E-state index is 10.3. The summed E-state index contributed by atoms with van der Waals surface area (Å²) in [6.07, 6.45) is 2.15.